The number of ether oxygens (including phenoxy) is 3. The molecule has 4 rings (SSSR count). The van der Waals surface area contributed by atoms with Gasteiger partial charge in [0.05, 0.1) is 20.8 Å². The summed E-state index contributed by atoms with van der Waals surface area (Å²) in [5, 5.41) is 0. The van der Waals surface area contributed by atoms with Crippen LogP contribution in [-0.2, 0) is 9.26 Å². The molecule has 0 saturated heterocycles. The van der Waals surface area contributed by atoms with Gasteiger partial charge in [0.1, 0.15) is 29.1 Å². The van der Waals surface area contributed by atoms with E-state index in [1.165, 1.54) is 10.8 Å². The van der Waals surface area contributed by atoms with Crippen LogP contribution < -0.4 is 29.8 Å². The molecule has 1 aliphatic heterocycles. The molecule has 184 valence electrons. The molecular weight excluding hydrogens is 475 g/mol. The third-order valence-corrected chi connectivity index (χ3v) is 6.13. The highest BCUT2D eigenvalue weighted by Gasteiger charge is 2.26. The number of benzene rings is 2. The first-order chi connectivity index (χ1) is 16.9. The van der Waals surface area contributed by atoms with Crippen LogP contribution in [0.1, 0.15) is 11.8 Å². The Hall–Kier alpha value is -3.59. The molecule has 3 aromatic rings. The fraction of sp³-hybridized carbons (Fsp3) is 0.250. The smallest absolute Gasteiger partial charge is 0.463 e. The highest BCUT2D eigenvalue weighted by Crippen LogP contribution is 2.42. The second kappa shape index (κ2) is 11.2. The van der Waals surface area contributed by atoms with E-state index in [0.717, 1.165) is 0 Å². The van der Waals surface area contributed by atoms with Gasteiger partial charge in [0.25, 0.3) is 5.56 Å². The van der Waals surface area contributed by atoms with E-state index >= 15 is 0 Å². The highest BCUT2D eigenvalue weighted by molar-refractivity contribution is 7.42. The Labute approximate surface area is 202 Å². The van der Waals surface area contributed by atoms with Crippen molar-refractivity contribution in [2.45, 2.75) is 19.3 Å². The van der Waals surface area contributed by atoms with Crippen LogP contribution in [0.4, 0.5) is 0 Å². The maximum absolute atomic E-state index is 12.2. The van der Waals surface area contributed by atoms with Crippen molar-refractivity contribution in [1.82, 2.24) is 9.55 Å². The Morgan fingerprint density at radius 2 is 1.43 bits per heavy atom. The number of nitrogens with zero attached hydrogens (tertiary/aromatic N) is 1. The van der Waals surface area contributed by atoms with Gasteiger partial charge >= 0.3 is 14.3 Å². The molecular formula is C24H25N2O8P. The monoisotopic (exact) mass is 500 g/mol. The van der Waals surface area contributed by atoms with Crippen molar-refractivity contribution < 1.29 is 27.8 Å². The fourth-order valence-electron chi connectivity index (χ4n) is 3.17. The van der Waals surface area contributed by atoms with Gasteiger partial charge in [-0.1, -0.05) is 6.08 Å². The molecule has 0 amide bonds. The molecule has 0 bridgehead atoms. The fourth-order valence-corrected chi connectivity index (χ4v) is 4.17. The van der Waals surface area contributed by atoms with E-state index in [0.29, 0.717) is 28.6 Å². The number of hydrogen-bond acceptors (Lipinski definition) is 8. The summed E-state index contributed by atoms with van der Waals surface area (Å²) in [4.78, 5) is 26.1. The number of H-pyrrole nitrogens is 1. The first-order valence-electron chi connectivity index (χ1n) is 10.7. The zero-order chi connectivity index (χ0) is 24.8. The summed E-state index contributed by atoms with van der Waals surface area (Å²) in [5.74, 6) is 2.48. The summed E-state index contributed by atoms with van der Waals surface area (Å²) < 4.78 is 35.4. The van der Waals surface area contributed by atoms with Crippen molar-refractivity contribution in [1.29, 1.82) is 0 Å². The standard InChI is InChI=1S/C24H25N2O8P/c1-16-14-26(24(28)25-23(16)27)22-13-12-21(32-22)15-31-35(33-19-8-4-17(29-2)5-9-19)34-20-10-6-18(30-3)7-11-20/h4-14,21-22H,15H2,1-3H3,(H,25,27,28)/t21-,22+/m0/s1. The van der Waals surface area contributed by atoms with Gasteiger partial charge in [-0.2, -0.15) is 0 Å². The summed E-state index contributed by atoms with van der Waals surface area (Å²) in [6.45, 7) is 1.73. The minimum Gasteiger partial charge on any atom is -0.497 e. The molecule has 1 N–H and O–H groups in total. The Kier molecular flexibility index (Phi) is 7.87. The van der Waals surface area contributed by atoms with Gasteiger partial charge in [-0.05, 0) is 61.5 Å². The molecule has 10 nitrogen and oxygen atoms in total. The van der Waals surface area contributed by atoms with E-state index in [2.05, 4.69) is 4.98 Å². The summed E-state index contributed by atoms with van der Waals surface area (Å²) in [6, 6.07) is 14.1. The zero-order valence-corrected chi connectivity index (χ0v) is 20.3. The van der Waals surface area contributed by atoms with Crippen molar-refractivity contribution in [2.24, 2.45) is 0 Å². The van der Waals surface area contributed by atoms with E-state index in [1.54, 1.807) is 81.8 Å². The highest BCUT2D eigenvalue weighted by atomic mass is 31.2. The first-order valence-corrected chi connectivity index (χ1v) is 11.8. The van der Waals surface area contributed by atoms with Crippen LogP contribution in [0.3, 0.4) is 0 Å². The van der Waals surface area contributed by atoms with Gasteiger partial charge in [0.2, 0.25) is 0 Å². The number of nitrogens with one attached hydrogen (secondary N) is 1. The molecule has 11 heteroatoms. The second-order valence-corrected chi connectivity index (χ2v) is 8.55. The number of aryl methyl sites for hydroxylation is 1. The molecule has 2 heterocycles. The summed E-state index contributed by atoms with van der Waals surface area (Å²) in [5.41, 5.74) is -0.569. The quantitative estimate of drug-likeness (QED) is 0.331. The van der Waals surface area contributed by atoms with Crippen LogP contribution >= 0.6 is 8.60 Å². The lowest BCUT2D eigenvalue weighted by atomic mass is 10.3. The average Bonchev–Trinajstić information content (AvgIpc) is 3.34. The van der Waals surface area contributed by atoms with Crippen LogP contribution in [-0.4, -0.2) is 36.5 Å². The lowest BCUT2D eigenvalue weighted by molar-refractivity contribution is -0.00674. The predicted octanol–water partition coefficient (Wildman–Crippen LogP) is 3.72. The normalized spacial score (nSPS) is 16.9. The second-order valence-electron chi connectivity index (χ2n) is 7.48. The number of methoxy groups -OCH3 is 2. The minimum atomic E-state index is -1.85. The number of rotatable bonds is 10. The molecule has 0 radical (unpaired) electrons. The molecule has 0 aliphatic carbocycles. The van der Waals surface area contributed by atoms with Gasteiger partial charge in [-0.3, -0.25) is 18.9 Å². The van der Waals surface area contributed by atoms with Crippen molar-refractivity contribution in [2.75, 3.05) is 20.8 Å². The lowest BCUT2D eigenvalue weighted by Gasteiger charge is -2.20. The number of hydrogen-bond donors (Lipinski definition) is 1. The number of aromatic amines is 1. The topological polar surface area (TPSA) is 110 Å². The molecule has 35 heavy (non-hydrogen) atoms. The van der Waals surface area contributed by atoms with Crippen LogP contribution in [0.5, 0.6) is 23.0 Å². The van der Waals surface area contributed by atoms with Gasteiger partial charge in [0, 0.05) is 11.8 Å². The largest absolute Gasteiger partial charge is 0.497 e. The van der Waals surface area contributed by atoms with Gasteiger partial charge in [-0.15, -0.1) is 0 Å². The molecule has 2 aromatic carbocycles. The molecule has 0 spiro atoms. The van der Waals surface area contributed by atoms with Crippen molar-refractivity contribution in [3.8, 4) is 23.0 Å². The lowest BCUT2D eigenvalue weighted by Crippen LogP contribution is -2.33. The summed E-state index contributed by atoms with van der Waals surface area (Å²) in [6.07, 6.45) is 3.85. The van der Waals surface area contributed by atoms with E-state index in [1.807, 2.05) is 0 Å². The Bertz CT molecular complexity index is 1220. The van der Waals surface area contributed by atoms with Gasteiger partial charge in [0.15, 0.2) is 6.23 Å². The van der Waals surface area contributed by atoms with E-state index in [4.69, 9.17) is 27.8 Å². The van der Waals surface area contributed by atoms with Crippen molar-refractivity contribution in [3.63, 3.8) is 0 Å². The van der Waals surface area contributed by atoms with Crippen LogP contribution in [0.25, 0.3) is 0 Å². The summed E-state index contributed by atoms with van der Waals surface area (Å²) in [7, 11) is 1.32. The van der Waals surface area contributed by atoms with Gasteiger partial charge in [-0.25, -0.2) is 4.79 Å². The Morgan fingerprint density at radius 1 is 0.886 bits per heavy atom. The maximum atomic E-state index is 12.2. The zero-order valence-electron chi connectivity index (χ0n) is 19.4. The van der Waals surface area contributed by atoms with Crippen LogP contribution in [0.2, 0.25) is 0 Å². The molecule has 0 fully saturated rings. The van der Waals surface area contributed by atoms with Crippen molar-refractivity contribution >= 4 is 8.60 Å². The van der Waals surface area contributed by atoms with E-state index in [-0.39, 0.29) is 6.61 Å². The number of aromatic nitrogens is 2. The SMILES string of the molecule is COc1ccc(OP(OC[C@@H]2C=C[C@H](n3cc(C)c(=O)[nH]c3=O)O2)Oc2ccc(OC)cc2)cc1. The third-order valence-electron chi connectivity index (χ3n) is 5.05. The van der Waals surface area contributed by atoms with Crippen LogP contribution in [0, 0.1) is 6.92 Å². The minimum absolute atomic E-state index is 0.113. The molecule has 0 saturated carbocycles. The van der Waals surface area contributed by atoms with Crippen LogP contribution in [0.15, 0.2) is 76.5 Å². The molecule has 0 unspecified atom stereocenters. The van der Waals surface area contributed by atoms with E-state index < -0.39 is 32.2 Å². The summed E-state index contributed by atoms with van der Waals surface area (Å²) >= 11 is 0. The first kappa shape index (κ1) is 24.5. The Balaban J connectivity index is 1.42. The predicted molar refractivity (Wildman–Crippen MR) is 129 cm³/mol. The Morgan fingerprint density at radius 3 is 1.97 bits per heavy atom. The van der Waals surface area contributed by atoms with Crippen molar-refractivity contribution in [3.05, 3.63) is 93.3 Å². The van der Waals surface area contributed by atoms with Gasteiger partial charge < -0.3 is 23.3 Å². The maximum Gasteiger partial charge on any atom is 0.463 e. The molecule has 1 aromatic heterocycles. The average molecular weight is 500 g/mol. The van der Waals surface area contributed by atoms with E-state index in [9.17, 15) is 9.59 Å². The third kappa shape index (κ3) is 6.30. The molecule has 2 atom stereocenters. The molecule has 1 aliphatic rings.